The van der Waals surface area contributed by atoms with Crippen LogP contribution in [-0.2, 0) is 16.1 Å². The van der Waals surface area contributed by atoms with Gasteiger partial charge in [-0.2, -0.15) is 0 Å². The average Bonchev–Trinajstić information content (AvgIpc) is 3.13. The Labute approximate surface area is 178 Å². The van der Waals surface area contributed by atoms with Gasteiger partial charge in [-0.3, -0.25) is 14.7 Å². The van der Waals surface area contributed by atoms with Crippen LogP contribution in [0.5, 0.6) is 0 Å². The van der Waals surface area contributed by atoms with Crippen molar-refractivity contribution in [1.82, 2.24) is 14.8 Å². The zero-order valence-corrected chi connectivity index (χ0v) is 18.1. The van der Waals surface area contributed by atoms with Gasteiger partial charge in [-0.1, -0.05) is 32.0 Å². The van der Waals surface area contributed by atoms with Crippen molar-refractivity contribution in [2.45, 2.75) is 26.3 Å². The maximum absolute atomic E-state index is 14.0. The Morgan fingerprint density at radius 3 is 2.77 bits per heavy atom. The Hall–Kier alpha value is -2.31. The second-order valence-corrected chi connectivity index (χ2v) is 8.37. The Morgan fingerprint density at radius 2 is 2.10 bits per heavy atom. The molecule has 1 amide bonds. The molecular weight excluding hydrogens is 381 g/mol. The van der Waals surface area contributed by atoms with Crippen LogP contribution < -0.4 is 0 Å². The fourth-order valence-electron chi connectivity index (χ4n) is 4.25. The highest BCUT2D eigenvalue weighted by molar-refractivity contribution is 5.78. The van der Waals surface area contributed by atoms with Crippen LogP contribution in [0.15, 0.2) is 48.7 Å². The van der Waals surface area contributed by atoms with Gasteiger partial charge in [-0.25, -0.2) is 4.39 Å². The van der Waals surface area contributed by atoms with Crippen LogP contribution in [0.4, 0.5) is 4.39 Å². The average molecular weight is 414 g/mol. The molecule has 2 atom stereocenters. The van der Waals surface area contributed by atoms with Crippen molar-refractivity contribution in [3.8, 4) is 0 Å². The summed E-state index contributed by atoms with van der Waals surface area (Å²) >= 11 is 0. The Bertz CT molecular complexity index is 815. The monoisotopic (exact) mass is 413 g/mol. The van der Waals surface area contributed by atoms with Gasteiger partial charge < -0.3 is 9.64 Å². The maximum atomic E-state index is 14.0. The molecule has 2 heterocycles. The lowest BCUT2D eigenvalue weighted by Gasteiger charge is -2.29. The summed E-state index contributed by atoms with van der Waals surface area (Å²) in [7, 11) is 1.65. The minimum absolute atomic E-state index is 0.0690. The van der Waals surface area contributed by atoms with E-state index in [1.54, 1.807) is 25.4 Å². The summed E-state index contributed by atoms with van der Waals surface area (Å²) in [4.78, 5) is 21.5. The lowest BCUT2D eigenvalue weighted by Crippen LogP contribution is -2.41. The molecular formula is C24H32FN3O2. The third-order valence-corrected chi connectivity index (χ3v) is 5.73. The lowest BCUT2D eigenvalue weighted by atomic mass is 9.88. The van der Waals surface area contributed by atoms with Crippen LogP contribution in [0.2, 0.25) is 0 Å². The maximum Gasteiger partial charge on any atom is 0.225 e. The highest BCUT2D eigenvalue weighted by Gasteiger charge is 2.36. The minimum Gasteiger partial charge on any atom is -0.383 e. The Balaban J connectivity index is 1.80. The summed E-state index contributed by atoms with van der Waals surface area (Å²) in [6, 6.07) is 12.8. The molecule has 1 aromatic heterocycles. The summed E-state index contributed by atoms with van der Waals surface area (Å²) < 4.78 is 19.2. The number of methoxy groups -OCH3 is 1. The van der Waals surface area contributed by atoms with Crippen molar-refractivity contribution >= 4 is 5.91 Å². The standard InChI is InChI=1S/C24H32FN3O2/c1-18(2)24(29)28(11-12-30-3)15-20-14-27(16-22-9-4-5-10-26-22)17-23(20)19-7-6-8-21(25)13-19/h4-10,13,18,20,23H,11-12,14-17H2,1-3H3/t20-,23+/m0/s1. The highest BCUT2D eigenvalue weighted by Crippen LogP contribution is 2.34. The first-order valence-corrected chi connectivity index (χ1v) is 10.6. The van der Waals surface area contributed by atoms with Crippen LogP contribution in [-0.4, -0.2) is 60.6 Å². The highest BCUT2D eigenvalue weighted by atomic mass is 19.1. The van der Waals surface area contributed by atoms with Crippen molar-refractivity contribution in [2.75, 3.05) is 39.9 Å². The van der Waals surface area contributed by atoms with E-state index in [4.69, 9.17) is 4.74 Å². The van der Waals surface area contributed by atoms with Gasteiger partial charge in [-0.15, -0.1) is 0 Å². The summed E-state index contributed by atoms with van der Waals surface area (Å²) in [5.74, 6) is 0.224. The molecule has 0 bridgehead atoms. The molecule has 30 heavy (non-hydrogen) atoms. The fourth-order valence-corrected chi connectivity index (χ4v) is 4.25. The molecule has 0 radical (unpaired) electrons. The first-order valence-electron chi connectivity index (χ1n) is 10.6. The van der Waals surface area contributed by atoms with Gasteiger partial charge in [0.25, 0.3) is 0 Å². The van der Waals surface area contributed by atoms with Crippen molar-refractivity contribution in [2.24, 2.45) is 11.8 Å². The number of likely N-dealkylation sites (tertiary alicyclic amines) is 1. The molecule has 5 nitrogen and oxygen atoms in total. The molecule has 3 rings (SSSR count). The summed E-state index contributed by atoms with van der Waals surface area (Å²) in [6.45, 7) is 7.97. The number of hydrogen-bond donors (Lipinski definition) is 0. The summed E-state index contributed by atoms with van der Waals surface area (Å²) in [5, 5.41) is 0. The number of halogens is 1. The van der Waals surface area contributed by atoms with Crippen molar-refractivity contribution in [3.05, 3.63) is 65.7 Å². The molecule has 0 spiro atoms. The molecule has 6 heteroatoms. The summed E-state index contributed by atoms with van der Waals surface area (Å²) in [5.41, 5.74) is 2.01. The zero-order chi connectivity index (χ0) is 21.5. The van der Waals surface area contributed by atoms with Gasteiger partial charge in [0.05, 0.1) is 12.3 Å². The van der Waals surface area contributed by atoms with Crippen LogP contribution in [0, 0.1) is 17.7 Å². The van der Waals surface area contributed by atoms with Gasteiger partial charge in [0, 0.05) is 57.9 Å². The zero-order valence-electron chi connectivity index (χ0n) is 18.1. The van der Waals surface area contributed by atoms with Crippen LogP contribution in [0.1, 0.15) is 31.0 Å². The number of hydrogen-bond acceptors (Lipinski definition) is 4. The Kier molecular flexibility index (Phi) is 7.94. The SMILES string of the molecule is COCCN(C[C@@H]1CN(Cc2ccccn2)C[C@@H]1c1cccc(F)c1)C(=O)C(C)C. The van der Waals surface area contributed by atoms with Gasteiger partial charge in [-0.05, 0) is 35.7 Å². The van der Waals surface area contributed by atoms with Crippen molar-refractivity contribution in [3.63, 3.8) is 0 Å². The number of amides is 1. The number of benzene rings is 1. The molecule has 0 saturated carbocycles. The third-order valence-electron chi connectivity index (χ3n) is 5.73. The number of aromatic nitrogens is 1. The van der Waals surface area contributed by atoms with E-state index in [1.165, 1.54) is 6.07 Å². The van der Waals surface area contributed by atoms with Crippen molar-refractivity contribution in [1.29, 1.82) is 0 Å². The molecule has 162 valence electrons. The summed E-state index contributed by atoms with van der Waals surface area (Å²) in [6.07, 6.45) is 1.81. The first kappa shape index (κ1) is 22.4. The number of ether oxygens (including phenoxy) is 1. The molecule has 1 aliphatic heterocycles. The number of nitrogens with zero attached hydrogens (tertiary/aromatic N) is 3. The first-order chi connectivity index (χ1) is 14.5. The molecule has 0 unspecified atom stereocenters. The van der Waals surface area contributed by atoms with E-state index in [2.05, 4.69) is 9.88 Å². The molecule has 1 aliphatic rings. The van der Waals surface area contributed by atoms with Crippen LogP contribution in [0.3, 0.4) is 0 Å². The van der Waals surface area contributed by atoms with E-state index < -0.39 is 0 Å². The van der Waals surface area contributed by atoms with E-state index in [0.717, 1.165) is 30.9 Å². The molecule has 1 saturated heterocycles. The topological polar surface area (TPSA) is 45.7 Å². The van der Waals surface area contributed by atoms with E-state index >= 15 is 0 Å². The van der Waals surface area contributed by atoms with Crippen molar-refractivity contribution < 1.29 is 13.9 Å². The van der Waals surface area contributed by atoms with Gasteiger partial charge in [0.1, 0.15) is 5.82 Å². The largest absolute Gasteiger partial charge is 0.383 e. The quantitative estimate of drug-likeness (QED) is 0.631. The second-order valence-electron chi connectivity index (χ2n) is 8.37. The van der Waals surface area contributed by atoms with Gasteiger partial charge in [0.2, 0.25) is 5.91 Å². The third kappa shape index (κ3) is 5.86. The smallest absolute Gasteiger partial charge is 0.225 e. The Morgan fingerprint density at radius 1 is 1.27 bits per heavy atom. The van der Waals surface area contributed by atoms with E-state index in [0.29, 0.717) is 19.7 Å². The van der Waals surface area contributed by atoms with Crippen LogP contribution >= 0.6 is 0 Å². The number of rotatable bonds is 9. The van der Waals surface area contributed by atoms with E-state index in [-0.39, 0.29) is 29.5 Å². The number of pyridine rings is 1. The molecule has 0 aliphatic carbocycles. The van der Waals surface area contributed by atoms with Gasteiger partial charge in [0.15, 0.2) is 0 Å². The van der Waals surface area contributed by atoms with Crippen LogP contribution in [0.25, 0.3) is 0 Å². The predicted octanol–water partition coefficient (Wildman–Crippen LogP) is 3.57. The molecule has 2 aromatic rings. The van der Waals surface area contributed by atoms with Gasteiger partial charge >= 0.3 is 0 Å². The number of carbonyl (C=O) groups excluding carboxylic acids is 1. The minimum atomic E-state index is -0.219. The normalized spacial score (nSPS) is 19.4. The molecule has 0 N–H and O–H groups in total. The molecule has 1 fully saturated rings. The van der Waals surface area contributed by atoms with E-state index in [1.807, 2.05) is 43.0 Å². The molecule has 1 aromatic carbocycles. The lowest BCUT2D eigenvalue weighted by molar-refractivity contribution is -0.135. The number of carbonyl (C=O) groups is 1. The van der Waals surface area contributed by atoms with E-state index in [9.17, 15) is 9.18 Å². The predicted molar refractivity (Wildman–Crippen MR) is 115 cm³/mol. The fraction of sp³-hybridized carbons (Fsp3) is 0.500. The second kappa shape index (κ2) is 10.6.